The molecule has 1 atom stereocenters. The van der Waals surface area contributed by atoms with Crippen LogP contribution in [-0.4, -0.2) is 31.7 Å². The molecule has 0 spiro atoms. The molecule has 18 heavy (non-hydrogen) atoms. The van der Waals surface area contributed by atoms with Crippen molar-refractivity contribution in [2.75, 3.05) is 25.0 Å². The third-order valence-electron chi connectivity index (χ3n) is 3.11. The van der Waals surface area contributed by atoms with Crippen LogP contribution in [0.25, 0.3) is 0 Å². The predicted molar refractivity (Wildman–Crippen MR) is 71.9 cm³/mol. The van der Waals surface area contributed by atoms with E-state index in [0.29, 0.717) is 18.2 Å². The molecule has 1 saturated heterocycles. The van der Waals surface area contributed by atoms with Crippen molar-refractivity contribution in [1.82, 2.24) is 5.32 Å². The maximum absolute atomic E-state index is 11.5. The van der Waals surface area contributed by atoms with Crippen molar-refractivity contribution >= 4 is 11.7 Å². The normalized spacial score (nSPS) is 18.6. The monoisotopic (exact) mass is 248 g/mol. The predicted octanol–water partition coefficient (Wildman–Crippen LogP) is 2.03. The lowest BCUT2D eigenvalue weighted by Crippen LogP contribution is -2.29. The SMILES string of the molecule is CCOC(=O)c1ccc(NCC2CCCN2)cc1. The highest BCUT2D eigenvalue weighted by atomic mass is 16.5. The van der Waals surface area contributed by atoms with Crippen molar-refractivity contribution in [3.8, 4) is 0 Å². The van der Waals surface area contributed by atoms with Crippen LogP contribution in [-0.2, 0) is 4.74 Å². The number of hydrogen-bond acceptors (Lipinski definition) is 4. The van der Waals surface area contributed by atoms with Crippen LogP contribution in [0.3, 0.4) is 0 Å². The highest BCUT2D eigenvalue weighted by molar-refractivity contribution is 5.89. The summed E-state index contributed by atoms with van der Waals surface area (Å²) >= 11 is 0. The molecule has 0 aliphatic carbocycles. The molecule has 0 aromatic heterocycles. The standard InChI is InChI=1S/C14H20N2O2/c1-2-18-14(17)11-5-7-12(8-6-11)16-10-13-4-3-9-15-13/h5-8,13,15-16H,2-4,9-10H2,1H3. The lowest BCUT2D eigenvalue weighted by atomic mass is 10.2. The smallest absolute Gasteiger partial charge is 0.338 e. The summed E-state index contributed by atoms with van der Waals surface area (Å²) in [5.74, 6) is -0.262. The summed E-state index contributed by atoms with van der Waals surface area (Å²) in [5.41, 5.74) is 1.64. The highest BCUT2D eigenvalue weighted by Gasteiger charge is 2.13. The molecule has 1 aliphatic heterocycles. The first-order chi connectivity index (χ1) is 8.79. The van der Waals surface area contributed by atoms with Gasteiger partial charge in [-0.2, -0.15) is 0 Å². The van der Waals surface area contributed by atoms with Gasteiger partial charge in [-0.1, -0.05) is 0 Å². The van der Waals surface area contributed by atoms with E-state index in [-0.39, 0.29) is 5.97 Å². The minimum atomic E-state index is -0.262. The molecule has 4 heteroatoms. The van der Waals surface area contributed by atoms with Crippen LogP contribution in [0, 0.1) is 0 Å². The number of nitrogens with one attached hydrogen (secondary N) is 2. The van der Waals surface area contributed by atoms with E-state index in [1.54, 1.807) is 12.1 Å². The van der Waals surface area contributed by atoms with Gasteiger partial charge in [0.2, 0.25) is 0 Å². The van der Waals surface area contributed by atoms with Gasteiger partial charge in [-0.15, -0.1) is 0 Å². The topological polar surface area (TPSA) is 50.4 Å². The third kappa shape index (κ3) is 3.47. The number of rotatable bonds is 5. The first-order valence-electron chi connectivity index (χ1n) is 6.54. The van der Waals surface area contributed by atoms with Crippen LogP contribution < -0.4 is 10.6 Å². The fourth-order valence-corrected chi connectivity index (χ4v) is 2.11. The van der Waals surface area contributed by atoms with E-state index in [9.17, 15) is 4.79 Å². The number of anilines is 1. The van der Waals surface area contributed by atoms with Crippen molar-refractivity contribution in [1.29, 1.82) is 0 Å². The van der Waals surface area contributed by atoms with E-state index in [1.807, 2.05) is 19.1 Å². The summed E-state index contributed by atoms with van der Waals surface area (Å²) in [6.07, 6.45) is 2.49. The summed E-state index contributed by atoms with van der Waals surface area (Å²) in [6, 6.07) is 7.99. The quantitative estimate of drug-likeness (QED) is 0.783. The largest absolute Gasteiger partial charge is 0.462 e. The number of esters is 1. The summed E-state index contributed by atoms with van der Waals surface area (Å²) in [7, 11) is 0. The Kier molecular flexibility index (Phi) is 4.59. The zero-order valence-electron chi connectivity index (χ0n) is 10.7. The van der Waals surface area contributed by atoms with Gasteiger partial charge in [0.1, 0.15) is 0 Å². The van der Waals surface area contributed by atoms with Crippen molar-refractivity contribution in [3.63, 3.8) is 0 Å². The van der Waals surface area contributed by atoms with Gasteiger partial charge in [0, 0.05) is 18.3 Å². The molecule has 1 fully saturated rings. The molecule has 98 valence electrons. The van der Waals surface area contributed by atoms with Crippen molar-refractivity contribution < 1.29 is 9.53 Å². The highest BCUT2D eigenvalue weighted by Crippen LogP contribution is 2.12. The molecule has 1 heterocycles. The molecule has 0 amide bonds. The number of carbonyl (C=O) groups excluding carboxylic acids is 1. The fraction of sp³-hybridized carbons (Fsp3) is 0.500. The molecule has 1 aromatic carbocycles. The van der Waals surface area contributed by atoms with Crippen LogP contribution in [0.2, 0.25) is 0 Å². The maximum atomic E-state index is 11.5. The van der Waals surface area contributed by atoms with E-state index in [4.69, 9.17) is 4.74 Å². The minimum absolute atomic E-state index is 0.262. The Bertz CT molecular complexity index is 383. The Balaban J connectivity index is 1.85. The number of ether oxygens (including phenoxy) is 1. The molecule has 4 nitrogen and oxygen atoms in total. The number of carbonyl (C=O) groups is 1. The Hall–Kier alpha value is -1.55. The first-order valence-corrected chi connectivity index (χ1v) is 6.54. The lowest BCUT2D eigenvalue weighted by Gasteiger charge is -2.12. The van der Waals surface area contributed by atoms with Crippen molar-refractivity contribution in [2.45, 2.75) is 25.8 Å². The molecular weight excluding hydrogens is 228 g/mol. The zero-order chi connectivity index (χ0) is 12.8. The second-order valence-electron chi connectivity index (χ2n) is 4.47. The first kappa shape index (κ1) is 12.9. The Morgan fingerprint density at radius 2 is 2.22 bits per heavy atom. The summed E-state index contributed by atoms with van der Waals surface area (Å²) in [4.78, 5) is 11.5. The molecule has 1 aromatic rings. The Morgan fingerprint density at radius 3 is 2.83 bits per heavy atom. The Labute approximate surface area is 108 Å². The van der Waals surface area contributed by atoms with Gasteiger partial charge >= 0.3 is 5.97 Å². The van der Waals surface area contributed by atoms with Gasteiger partial charge in [-0.05, 0) is 50.6 Å². The van der Waals surface area contributed by atoms with Crippen molar-refractivity contribution in [3.05, 3.63) is 29.8 Å². The third-order valence-corrected chi connectivity index (χ3v) is 3.11. The van der Waals surface area contributed by atoms with Crippen LogP contribution in [0.1, 0.15) is 30.1 Å². The summed E-state index contributed by atoms with van der Waals surface area (Å²) in [6.45, 7) is 4.27. The molecule has 2 rings (SSSR count). The number of hydrogen-bond donors (Lipinski definition) is 2. The minimum Gasteiger partial charge on any atom is -0.462 e. The average molecular weight is 248 g/mol. The fourth-order valence-electron chi connectivity index (χ4n) is 2.11. The summed E-state index contributed by atoms with van der Waals surface area (Å²) < 4.78 is 4.94. The second kappa shape index (κ2) is 6.40. The number of benzene rings is 1. The molecule has 1 aliphatic rings. The van der Waals surface area contributed by atoms with Crippen LogP contribution in [0.5, 0.6) is 0 Å². The Morgan fingerprint density at radius 1 is 1.44 bits per heavy atom. The zero-order valence-corrected chi connectivity index (χ0v) is 10.7. The lowest BCUT2D eigenvalue weighted by molar-refractivity contribution is 0.0526. The van der Waals surface area contributed by atoms with E-state index in [1.165, 1.54) is 12.8 Å². The van der Waals surface area contributed by atoms with Gasteiger partial charge < -0.3 is 15.4 Å². The van der Waals surface area contributed by atoms with Gasteiger partial charge in [0.05, 0.1) is 12.2 Å². The van der Waals surface area contributed by atoms with Crippen LogP contribution >= 0.6 is 0 Å². The molecule has 2 N–H and O–H groups in total. The van der Waals surface area contributed by atoms with E-state index >= 15 is 0 Å². The van der Waals surface area contributed by atoms with Crippen LogP contribution in [0.15, 0.2) is 24.3 Å². The molecular formula is C14H20N2O2. The molecule has 0 saturated carbocycles. The van der Waals surface area contributed by atoms with E-state index in [0.717, 1.165) is 18.8 Å². The molecule has 0 bridgehead atoms. The maximum Gasteiger partial charge on any atom is 0.338 e. The van der Waals surface area contributed by atoms with E-state index in [2.05, 4.69) is 10.6 Å². The van der Waals surface area contributed by atoms with Crippen LogP contribution in [0.4, 0.5) is 5.69 Å². The second-order valence-corrected chi connectivity index (χ2v) is 4.47. The summed E-state index contributed by atoms with van der Waals surface area (Å²) in [5, 5.41) is 6.81. The molecule has 1 unspecified atom stereocenters. The van der Waals surface area contributed by atoms with Gasteiger partial charge in [-0.25, -0.2) is 4.79 Å². The average Bonchev–Trinajstić information content (AvgIpc) is 2.90. The van der Waals surface area contributed by atoms with Gasteiger partial charge in [-0.3, -0.25) is 0 Å². The van der Waals surface area contributed by atoms with Gasteiger partial charge in [0.15, 0.2) is 0 Å². The molecule has 0 radical (unpaired) electrons. The van der Waals surface area contributed by atoms with Gasteiger partial charge in [0.25, 0.3) is 0 Å². The van der Waals surface area contributed by atoms with E-state index < -0.39 is 0 Å². The van der Waals surface area contributed by atoms with Crippen molar-refractivity contribution in [2.24, 2.45) is 0 Å².